The Hall–Kier alpha value is -1.15. The van der Waals surface area contributed by atoms with Crippen LogP contribution in [0.1, 0.15) is 19.5 Å². The lowest BCUT2D eigenvalue weighted by Gasteiger charge is -2.23. The zero-order valence-electron chi connectivity index (χ0n) is 12.6. The lowest BCUT2D eigenvalue weighted by molar-refractivity contribution is 0.141. The number of aliphatic hydroxyl groups excluding tert-OH is 1. The molecular formula is C14H23N3O3S. The van der Waals surface area contributed by atoms with Crippen LogP contribution in [-0.4, -0.2) is 54.0 Å². The summed E-state index contributed by atoms with van der Waals surface area (Å²) in [6.45, 7) is 8.07. The summed E-state index contributed by atoms with van der Waals surface area (Å²) in [5.74, 6) is 0.823. The molecule has 0 bridgehead atoms. The van der Waals surface area contributed by atoms with Crippen LogP contribution in [0.25, 0.3) is 4.96 Å². The number of hydrogen-bond donors (Lipinski definition) is 1. The summed E-state index contributed by atoms with van der Waals surface area (Å²) in [4.78, 5) is 7.65. The predicted molar refractivity (Wildman–Crippen MR) is 84.2 cm³/mol. The predicted octanol–water partition coefficient (Wildman–Crippen LogP) is 1.77. The Morgan fingerprint density at radius 3 is 2.48 bits per heavy atom. The largest absolute Gasteiger partial charge is 0.390 e. The Labute approximate surface area is 128 Å². The van der Waals surface area contributed by atoms with Gasteiger partial charge < -0.3 is 19.5 Å². The number of rotatable bonds is 10. The highest BCUT2D eigenvalue weighted by Crippen LogP contribution is 2.24. The molecule has 0 amide bonds. The SMILES string of the molecule is CCOCCN(CCOCC)c1nc2sccn2c1CO. The topological polar surface area (TPSA) is 59.2 Å². The molecule has 1 N–H and O–H groups in total. The third-order valence-corrected chi connectivity index (χ3v) is 3.97. The van der Waals surface area contributed by atoms with E-state index >= 15 is 0 Å². The summed E-state index contributed by atoms with van der Waals surface area (Å²) in [5.41, 5.74) is 0.819. The summed E-state index contributed by atoms with van der Waals surface area (Å²) < 4.78 is 12.8. The van der Waals surface area contributed by atoms with E-state index in [2.05, 4.69) is 9.88 Å². The van der Waals surface area contributed by atoms with Gasteiger partial charge in [0.05, 0.1) is 25.5 Å². The van der Waals surface area contributed by atoms with Gasteiger partial charge in [0.2, 0.25) is 0 Å². The normalized spacial score (nSPS) is 11.4. The smallest absolute Gasteiger partial charge is 0.195 e. The van der Waals surface area contributed by atoms with Crippen molar-refractivity contribution in [2.45, 2.75) is 20.5 Å². The fourth-order valence-electron chi connectivity index (χ4n) is 2.18. The summed E-state index contributed by atoms with van der Waals surface area (Å²) in [5, 5.41) is 11.6. The van der Waals surface area contributed by atoms with E-state index in [1.807, 2.05) is 29.8 Å². The number of hydrogen-bond acceptors (Lipinski definition) is 6. The second-order valence-corrected chi connectivity index (χ2v) is 5.35. The Morgan fingerprint density at radius 1 is 1.24 bits per heavy atom. The molecule has 0 spiro atoms. The fourth-order valence-corrected chi connectivity index (χ4v) is 2.91. The van der Waals surface area contributed by atoms with Crippen molar-refractivity contribution in [2.24, 2.45) is 0 Å². The molecule has 2 aromatic rings. The van der Waals surface area contributed by atoms with Gasteiger partial charge >= 0.3 is 0 Å². The number of anilines is 1. The first-order valence-corrected chi connectivity index (χ1v) is 8.15. The number of thiazole rings is 1. The molecule has 0 aliphatic rings. The van der Waals surface area contributed by atoms with Gasteiger partial charge in [0.1, 0.15) is 0 Å². The Bertz CT molecular complexity index is 531. The molecule has 0 aliphatic heterocycles. The Balaban J connectivity index is 2.17. The molecule has 0 saturated carbocycles. The minimum atomic E-state index is -0.0347. The van der Waals surface area contributed by atoms with Gasteiger partial charge in [-0.3, -0.25) is 4.40 Å². The molecule has 0 saturated heterocycles. The molecule has 2 rings (SSSR count). The van der Waals surface area contributed by atoms with E-state index in [9.17, 15) is 5.11 Å². The van der Waals surface area contributed by atoms with E-state index in [1.165, 1.54) is 0 Å². The summed E-state index contributed by atoms with van der Waals surface area (Å²) in [7, 11) is 0. The average molecular weight is 313 g/mol. The number of ether oxygens (including phenoxy) is 2. The average Bonchev–Trinajstić information content (AvgIpc) is 3.06. The second-order valence-electron chi connectivity index (χ2n) is 4.48. The highest BCUT2D eigenvalue weighted by molar-refractivity contribution is 7.15. The lowest BCUT2D eigenvalue weighted by atomic mass is 10.3. The number of imidazole rings is 1. The molecule has 2 aromatic heterocycles. The van der Waals surface area contributed by atoms with Crippen molar-refractivity contribution in [2.75, 3.05) is 44.4 Å². The minimum absolute atomic E-state index is 0.0347. The fraction of sp³-hybridized carbons (Fsp3) is 0.643. The standard InChI is InChI=1S/C14H23N3O3S/c1-3-19-8-5-16(6-9-20-4-2)13-12(11-18)17-7-10-21-14(17)15-13/h7,10,18H,3-6,8-9,11H2,1-2H3. The van der Waals surface area contributed by atoms with Crippen LogP contribution in [0.15, 0.2) is 11.6 Å². The van der Waals surface area contributed by atoms with Gasteiger partial charge in [0, 0.05) is 37.9 Å². The van der Waals surface area contributed by atoms with E-state index in [-0.39, 0.29) is 6.61 Å². The molecule has 7 heteroatoms. The Kier molecular flexibility index (Phi) is 6.44. The zero-order chi connectivity index (χ0) is 15.1. The van der Waals surface area contributed by atoms with Gasteiger partial charge in [-0.05, 0) is 13.8 Å². The molecule has 0 fully saturated rings. The molecule has 0 aromatic carbocycles. The second kappa shape index (κ2) is 8.33. The first-order valence-electron chi connectivity index (χ1n) is 7.27. The summed E-state index contributed by atoms with van der Waals surface area (Å²) in [6.07, 6.45) is 1.94. The number of aromatic nitrogens is 2. The quantitative estimate of drug-likeness (QED) is 0.677. The van der Waals surface area contributed by atoms with Gasteiger partial charge in [0.15, 0.2) is 10.8 Å². The van der Waals surface area contributed by atoms with Crippen LogP contribution in [0.5, 0.6) is 0 Å². The van der Waals surface area contributed by atoms with E-state index in [1.54, 1.807) is 11.3 Å². The van der Waals surface area contributed by atoms with Crippen molar-refractivity contribution in [1.29, 1.82) is 0 Å². The van der Waals surface area contributed by atoms with Crippen molar-refractivity contribution in [3.63, 3.8) is 0 Å². The van der Waals surface area contributed by atoms with Crippen LogP contribution >= 0.6 is 11.3 Å². The van der Waals surface area contributed by atoms with Crippen LogP contribution in [0, 0.1) is 0 Å². The van der Waals surface area contributed by atoms with Gasteiger partial charge in [-0.15, -0.1) is 11.3 Å². The maximum atomic E-state index is 9.67. The van der Waals surface area contributed by atoms with Crippen molar-refractivity contribution >= 4 is 22.1 Å². The van der Waals surface area contributed by atoms with E-state index in [4.69, 9.17) is 9.47 Å². The van der Waals surface area contributed by atoms with Crippen molar-refractivity contribution in [3.05, 3.63) is 17.3 Å². The number of nitrogens with zero attached hydrogens (tertiary/aromatic N) is 3. The van der Waals surface area contributed by atoms with Crippen LogP contribution in [0.4, 0.5) is 5.82 Å². The number of fused-ring (bicyclic) bond motifs is 1. The minimum Gasteiger partial charge on any atom is -0.390 e. The number of aliphatic hydroxyl groups is 1. The van der Waals surface area contributed by atoms with E-state index in [0.29, 0.717) is 26.4 Å². The molecule has 118 valence electrons. The molecule has 21 heavy (non-hydrogen) atoms. The molecular weight excluding hydrogens is 290 g/mol. The molecule has 0 atom stereocenters. The molecule has 0 radical (unpaired) electrons. The molecule has 2 heterocycles. The highest BCUT2D eigenvalue weighted by Gasteiger charge is 2.18. The monoisotopic (exact) mass is 313 g/mol. The van der Waals surface area contributed by atoms with Crippen LogP contribution in [0.2, 0.25) is 0 Å². The van der Waals surface area contributed by atoms with Crippen molar-refractivity contribution in [3.8, 4) is 0 Å². The lowest BCUT2D eigenvalue weighted by Crippen LogP contribution is -2.32. The highest BCUT2D eigenvalue weighted by atomic mass is 32.1. The summed E-state index contributed by atoms with van der Waals surface area (Å²) >= 11 is 1.56. The van der Waals surface area contributed by atoms with Gasteiger partial charge in [0.25, 0.3) is 0 Å². The van der Waals surface area contributed by atoms with Crippen molar-refractivity contribution < 1.29 is 14.6 Å². The Morgan fingerprint density at radius 2 is 1.90 bits per heavy atom. The maximum Gasteiger partial charge on any atom is 0.195 e. The summed E-state index contributed by atoms with van der Waals surface area (Å²) in [6, 6.07) is 0. The zero-order valence-corrected chi connectivity index (χ0v) is 13.4. The molecule has 6 nitrogen and oxygen atoms in total. The van der Waals surface area contributed by atoms with Crippen LogP contribution < -0.4 is 4.90 Å². The van der Waals surface area contributed by atoms with Gasteiger partial charge in [-0.25, -0.2) is 4.98 Å². The van der Waals surface area contributed by atoms with Crippen LogP contribution in [0.3, 0.4) is 0 Å². The first-order chi connectivity index (χ1) is 10.3. The molecule has 0 aliphatic carbocycles. The van der Waals surface area contributed by atoms with Crippen LogP contribution in [-0.2, 0) is 16.1 Å². The third-order valence-electron chi connectivity index (χ3n) is 3.21. The van der Waals surface area contributed by atoms with Gasteiger partial charge in [-0.2, -0.15) is 0 Å². The molecule has 0 unspecified atom stereocenters. The first kappa shape index (κ1) is 16.2. The maximum absolute atomic E-state index is 9.67. The van der Waals surface area contributed by atoms with Gasteiger partial charge in [-0.1, -0.05) is 0 Å². The third kappa shape index (κ3) is 3.94. The van der Waals surface area contributed by atoms with E-state index < -0.39 is 0 Å². The van der Waals surface area contributed by atoms with E-state index in [0.717, 1.165) is 29.6 Å². The van der Waals surface area contributed by atoms with Crippen molar-refractivity contribution in [1.82, 2.24) is 9.38 Å².